The highest BCUT2D eigenvalue weighted by Gasteiger charge is 2.53. The van der Waals surface area contributed by atoms with Crippen LogP contribution in [0.25, 0.3) is 0 Å². The quantitative estimate of drug-likeness (QED) is 0.548. The molecule has 0 saturated carbocycles. The van der Waals surface area contributed by atoms with Gasteiger partial charge in [0.05, 0.1) is 19.5 Å². The maximum atomic E-state index is 15.3. The van der Waals surface area contributed by atoms with Crippen LogP contribution in [0.1, 0.15) is 11.5 Å². The molecule has 30 heavy (non-hydrogen) atoms. The second-order valence-electron chi connectivity index (χ2n) is 7.54. The largest absolute Gasteiger partial charge is 0.467 e. The van der Waals surface area contributed by atoms with Crippen LogP contribution in [0, 0.1) is 0 Å². The van der Waals surface area contributed by atoms with Gasteiger partial charge < -0.3 is 18.5 Å². The lowest BCUT2D eigenvalue weighted by atomic mass is 10.3. The van der Waals surface area contributed by atoms with Crippen molar-refractivity contribution in [2.45, 2.75) is 5.78 Å². The molecule has 156 valence electrons. The van der Waals surface area contributed by atoms with Crippen molar-refractivity contribution < 1.29 is 13.7 Å². The molecule has 0 aliphatic carbocycles. The van der Waals surface area contributed by atoms with Crippen LogP contribution in [0.15, 0.2) is 83.5 Å². The van der Waals surface area contributed by atoms with Gasteiger partial charge in [-0.2, -0.15) is 0 Å². The molecule has 5 rings (SSSR count). The van der Waals surface area contributed by atoms with E-state index in [0.717, 1.165) is 30.2 Å². The first-order valence-electron chi connectivity index (χ1n) is 10.4. The fraction of sp³-hybridized carbons (Fsp3) is 0.304. The van der Waals surface area contributed by atoms with Gasteiger partial charge in [-0.3, -0.25) is 9.46 Å². The molecule has 1 aromatic heterocycles. The Balaban J connectivity index is 1.66. The van der Waals surface area contributed by atoms with E-state index in [1.54, 1.807) is 6.26 Å². The maximum absolute atomic E-state index is 15.3. The number of rotatable bonds is 5. The summed E-state index contributed by atoms with van der Waals surface area (Å²) < 4.78 is 31.0. The molecule has 0 radical (unpaired) electrons. The van der Waals surface area contributed by atoms with Crippen molar-refractivity contribution in [2.75, 3.05) is 48.7 Å². The number of hydrogen-bond acceptors (Lipinski definition) is 4. The van der Waals surface area contributed by atoms with E-state index in [0.29, 0.717) is 26.3 Å². The van der Waals surface area contributed by atoms with E-state index >= 15 is 4.57 Å². The Morgan fingerprint density at radius 3 is 1.80 bits per heavy atom. The van der Waals surface area contributed by atoms with Gasteiger partial charge in [0.25, 0.3) is 7.44 Å². The molecule has 0 amide bonds. The van der Waals surface area contributed by atoms with Crippen LogP contribution >= 0.6 is 7.44 Å². The van der Waals surface area contributed by atoms with Gasteiger partial charge in [-0.15, -0.1) is 0 Å². The van der Waals surface area contributed by atoms with Crippen LogP contribution in [0.4, 0.5) is 11.4 Å². The van der Waals surface area contributed by atoms with E-state index in [-0.39, 0.29) is 5.78 Å². The Morgan fingerprint density at radius 2 is 1.30 bits per heavy atom. The molecule has 2 aliphatic rings. The lowest BCUT2D eigenvalue weighted by Gasteiger charge is -2.43. The summed E-state index contributed by atoms with van der Waals surface area (Å²) in [5.41, 5.74) is 1.95. The number of furan rings is 1. The normalized spacial score (nSPS) is 20.4. The maximum Gasteiger partial charge on any atom is 0.287 e. The highest BCUT2D eigenvalue weighted by Crippen LogP contribution is 2.69. The van der Waals surface area contributed by atoms with Crippen LogP contribution in [-0.4, -0.2) is 44.3 Å². The zero-order chi connectivity index (χ0) is 20.4. The molecule has 2 fully saturated rings. The number of para-hydroxylation sites is 2. The van der Waals surface area contributed by atoms with Crippen LogP contribution < -0.4 is 9.34 Å². The molecule has 0 N–H and O–H groups in total. The first-order chi connectivity index (χ1) is 14.8. The molecular formula is C23H26N3O3P. The summed E-state index contributed by atoms with van der Waals surface area (Å²) in [4.78, 5) is 2.26. The Morgan fingerprint density at radius 1 is 0.733 bits per heavy atom. The molecule has 2 aliphatic heterocycles. The van der Waals surface area contributed by atoms with Gasteiger partial charge in [-0.25, -0.2) is 0 Å². The van der Waals surface area contributed by atoms with Crippen molar-refractivity contribution in [2.24, 2.45) is 0 Å². The third-order valence-corrected chi connectivity index (χ3v) is 9.30. The predicted molar refractivity (Wildman–Crippen MR) is 119 cm³/mol. The van der Waals surface area contributed by atoms with Crippen LogP contribution in [0.3, 0.4) is 0 Å². The lowest BCUT2D eigenvalue weighted by Crippen LogP contribution is -2.42. The van der Waals surface area contributed by atoms with E-state index in [2.05, 4.69) is 14.2 Å². The average molecular weight is 423 g/mol. The minimum atomic E-state index is -3.16. The van der Waals surface area contributed by atoms with Gasteiger partial charge in [-0.05, 0) is 36.4 Å². The van der Waals surface area contributed by atoms with Crippen molar-refractivity contribution >= 4 is 18.8 Å². The smallest absolute Gasteiger partial charge is 0.287 e. The van der Waals surface area contributed by atoms with Crippen LogP contribution in [0.2, 0.25) is 0 Å². The third-order valence-electron chi connectivity index (χ3n) is 5.83. The van der Waals surface area contributed by atoms with Crippen LogP contribution in [0.5, 0.6) is 0 Å². The Bertz CT molecular complexity index is 940. The highest BCUT2D eigenvalue weighted by atomic mass is 31.2. The number of ether oxygens (including phenoxy) is 1. The molecule has 0 bridgehead atoms. The summed E-state index contributed by atoms with van der Waals surface area (Å²) in [6, 6.07) is 24.0. The summed E-state index contributed by atoms with van der Waals surface area (Å²) in [6.07, 6.45) is 1.67. The van der Waals surface area contributed by atoms with Crippen molar-refractivity contribution in [3.05, 3.63) is 84.8 Å². The molecule has 0 spiro atoms. The predicted octanol–water partition coefficient (Wildman–Crippen LogP) is 4.83. The van der Waals surface area contributed by atoms with Gasteiger partial charge in [0, 0.05) is 37.6 Å². The minimum Gasteiger partial charge on any atom is -0.467 e. The molecule has 3 aromatic rings. The van der Waals surface area contributed by atoms with Gasteiger partial charge >= 0.3 is 0 Å². The molecule has 3 heterocycles. The first kappa shape index (κ1) is 19.4. The molecular weight excluding hydrogens is 397 g/mol. The summed E-state index contributed by atoms with van der Waals surface area (Å²) in [5, 5.41) is 0. The highest BCUT2D eigenvalue weighted by molar-refractivity contribution is 7.67. The van der Waals surface area contributed by atoms with Crippen molar-refractivity contribution in [3.63, 3.8) is 0 Å². The van der Waals surface area contributed by atoms with Crippen molar-refractivity contribution in [1.82, 2.24) is 4.90 Å². The van der Waals surface area contributed by atoms with Gasteiger partial charge in [-0.1, -0.05) is 36.4 Å². The van der Waals surface area contributed by atoms with E-state index in [4.69, 9.17) is 9.15 Å². The summed E-state index contributed by atoms with van der Waals surface area (Å²) in [7, 11) is -3.16. The Labute approximate surface area is 177 Å². The molecule has 2 aromatic carbocycles. The lowest BCUT2D eigenvalue weighted by molar-refractivity contribution is 0.0271. The molecule has 1 atom stereocenters. The SMILES string of the molecule is O=P1(C(c2ccco2)N2CCOCC2)N(c2ccccc2)CCN1c1ccccc1. The zero-order valence-electron chi connectivity index (χ0n) is 16.8. The molecule has 7 heteroatoms. The summed E-state index contributed by atoms with van der Waals surface area (Å²) >= 11 is 0. The van der Waals surface area contributed by atoms with Gasteiger partial charge in [0.1, 0.15) is 5.76 Å². The Kier molecular flexibility index (Phi) is 5.38. The fourth-order valence-electron chi connectivity index (χ4n) is 4.48. The summed E-state index contributed by atoms with van der Waals surface area (Å²) in [6.45, 7) is 4.10. The third kappa shape index (κ3) is 3.35. The molecule has 1 unspecified atom stereocenters. The monoisotopic (exact) mass is 423 g/mol. The van der Waals surface area contributed by atoms with Crippen molar-refractivity contribution in [1.29, 1.82) is 0 Å². The second kappa shape index (κ2) is 8.31. The van der Waals surface area contributed by atoms with Gasteiger partial charge in [0.15, 0.2) is 5.78 Å². The minimum absolute atomic E-state index is 0.376. The number of benzene rings is 2. The molecule has 2 saturated heterocycles. The topological polar surface area (TPSA) is 49.2 Å². The van der Waals surface area contributed by atoms with E-state index in [9.17, 15) is 0 Å². The first-order valence-corrected chi connectivity index (χ1v) is 12.1. The molecule has 6 nitrogen and oxygen atoms in total. The fourth-order valence-corrected chi connectivity index (χ4v) is 8.08. The van der Waals surface area contributed by atoms with E-state index in [1.807, 2.05) is 72.8 Å². The number of nitrogens with zero attached hydrogens (tertiary/aromatic N) is 3. The number of morpholine rings is 1. The Hall–Kier alpha value is -2.53. The van der Waals surface area contributed by atoms with Crippen molar-refractivity contribution in [3.8, 4) is 0 Å². The number of hydrogen-bond donors (Lipinski definition) is 0. The van der Waals surface area contributed by atoms with Gasteiger partial charge in [0.2, 0.25) is 0 Å². The zero-order valence-corrected chi connectivity index (χ0v) is 17.7. The van der Waals surface area contributed by atoms with E-state index in [1.165, 1.54) is 0 Å². The van der Waals surface area contributed by atoms with Crippen LogP contribution in [-0.2, 0) is 9.30 Å². The number of anilines is 2. The average Bonchev–Trinajstić information content (AvgIpc) is 3.44. The standard InChI is InChI=1S/C23H26N3O3P/c27-30(23(22-12-7-17-29-22)24-15-18-28-19-16-24)25(20-8-3-1-4-9-20)13-14-26(30)21-10-5-2-6-11-21/h1-12,17,23H,13-16,18-19H2. The second-order valence-corrected chi connectivity index (χ2v) is 10.2. The van der Waals surface area contributed by atoms with E-state index < -0.39 is 7.44 Å². The summed E-state index contributed by atoms with van der Waals surface area (Å²) in [5.74, 6) is 0.364.